The Hall–Kier alpha value is -1.33. The number of thiocarbonyl (C=S) groups is 1. The van der Waals surface area contributed by atoms with Crippen molar-refractivity contribution in [2.75, 3.05) is 5.32 Å². The molecule has 0 aliphatic heterocycles. The number of benzene rings is 1. The Kier molecular flexibility index (Phi) is 5.18. The predicted octanol–water partition coefficient (Wildman–Crippen LogP) is 2.38. The molecule has 1 aromatic rings. The fourth-order valence-electron chi connectivity index (χ4n) is 1.05. The zero-order valence-electron chi connectivity index (χ0n) is 9.63. The van der Waals surface area contributed by atoms with Gasteiger partial charge in [-0.15, -0.1) is 0 Å². The molecule has 0 saturated carbocycles. The van der Waals surface area contributed by atoms with Gasteiger partial charge < -0.3 is 5.32 Å². The van der Waals surface area contributed by atoms with Crippen LogP contribution in [-0.2, 0) is 4.79 Å². The zero-order valence-corrected chi connectivity index (χ0v) is 11.2. The fraction of sp³-hybridized carbons (Fsp3) is 0.273. The molecule has 1 amide bonds. The molecule has 6 heteroatoms. The maximum atomic E-state index is 11.0. The number of carbonyl (C=O) groups is 1. The van der Waals surface area contributed by atoms with E-state index in [-0.39, 0.29) is 5.91 Å². The molecule has 4 nitrogen and oxygen atoms in total. The first kappa shape index (κ1) is 13.7. The van der Waals surface area contributed by atoms with Gasteiger partial charge in [0, 0.05) is 17.1 Å². The van der Waals surface area contributed by atoms with Gasteiger partial charge >= 0.3 is 0 Å². The van der Waals surface area contributed by atoms with E-state index in [1.165, 1.54) is 0 Å². The number of carbonyl (C=O) groups excluding carboxylic acids is 1. The number of anilines is 1. The predicted molar refractivity (Wildman–Crippen MR) is 74.0 cm³/mol. The highest BCUT2D eigenvalue weighted by Crippen LogP contribution is 2.19. The average Bonchev–Trinajstić information content (AvgIpc) is 2.31. The van der Waals surface area contributed by atoms with Crippen LogP contribution in [-0.4, -0.2) is 11.0 Å². The van der Waals surface area contributed by atoms with Gasteiger partial charge in [-0.1, -0.05) is 24.6 Å². The molecule has 0 fully saturated rings. The van der Waals surface area contributed by atoms with Crippen LogP contribution in [0.5, 0.6) is 0 Å². The van der Waals surface area contributed by atoms with E-state index < -0.39 is 0 Å². The molecule has 0 aliphatic rings. The molecule has 0 aromatic heterocycles. The summed E-state index contributed by atoms with van der Waals surface area (Å²) in [5, 5.41) is 3.88. The van der Waals surface area contributed by atoms with Crippen molar-refractivity contribution < 1.29 is 4.79 Å². The fourth-order valence-corrected chi connectivity index (χ4v) is 1.40. The van der Waals surface area contributed by atoms with Crippen LogP contribution in [0.2, 0.25) is 5.02 Å². The van der Waals surface area contributed by atoms with E-state index in [0.29, 0.717) is 16.6 Å². The second kappa shape index (κ2) is 6.42. The van der Waals surface area contributed by atoms with Gasteiger partial charge in [-0.3, -0.25) is 15.6 Å². The Bertz CT molecular complexity index is 437. The molecule has 0 heterocycles. The quantitative estimate of drug-likeness (QED) is 0.571. The number of hydrogen-bond acceptors (Lipinski definition) is 2. The summed E-state index contributed by atoms with van der Waals surface area (Å²) < 4.78 is 0. The molecule has 3 N–H and O–H groups in total. The third-order valence-corrected chi connectivity index (χ3v) is 2.68. The van der Waals surface area contributed by atoms with Crippen LogP contribution in [0.1, 0.15) is 18.9 Å². The van der Waals surface area contributed by atoms with Gasteiger partial charge in [-0.2, -0.15) is 0 Å². The minimum atomic E-state index is -0.129. The molecule has 1 aromatic carbocycles. The summed E-state index contributed by atoms with van der Waals surface area (Å²) in [7, 11) is 0. The molecule has 17 heavy (non-hydrogen) atoms. The number of aryl methyl sites for hydroxylation is 1. The largest absolute Gasteiger partial charge is 0.331 e. The van der Waals surface area contributed by atoms with E-state index in [9.17, 15) is 4.79 Å². The topological polar surface area (TPSA) is 53.2 Å². The standard InChI is InChI=1S/C11H14ClN3OS/c1-3-10(16)14-15-11(17)13-8-5-4-7(2)9(12)6-8/h4-6H,3H2,1-2H3,(H,14,16)(H2,13,15,17). The molecule has 0 spiro atoms. The van der Waals surface area contributed by atoms with Gasteiger partial charge in [0.25, 0.3) is 0 Å². The summed E-state index contributed by atoms with van der Waals surface area (Å²) in [6.07, 6.45) is 0.395. The summed E-state index contributed by atoms with van der Waals surface area (Å²) in [5.74, 6) is -0.129. The molecular weight excluding hydrogens is 258 g/mol. The van der Waals surface area contributed by atoms with Crippen molar-refractivity contribution in [3.8, 4) is 0 Å². The summed E-state index contributed by atoms with van der Waals surface area (Å²) in [6.45, 7) is 3.68. The van der Waals surface area contributed by atoms with Crippen LogP contribution in [0, 0.1) is 6.92 Å². The lowest BCUT2D eigenvalue weighted by Gasteiger charge is -2.11. The van der Waals surface area contributed by atoms with Crippen LogP contribution in [0.3, 0.4) is 0 Å². The van der Waals surface area contributed by atoms with Crippen LogP contribution in [0.4, 0.5) is 5.69 Å². The van der Waals surface area contributed by atoms with Gasteiger partial charge in [-0.25, -0.2) is 0 Å². The molecular formula is C11H14ClN3OS. The van der Waals surface area contributed by atoms with Crippen LogP contribution < -0.4 is 16.2 Å². The molecule has 0 atom stereocenters. The van der Waals surface area contributed by atoms with Crippen LogP contribution in [0.15, 0.2) is 18.2 Å². The number of halogens is 1. The Morgan fingerprint density at radius 1 is 1.41 bits per heavy atom. The van der Waals surface area contributed by atoms with E-state index >= 15 is 0 Å². The van der Waals surface area contributed by atoms with Crippen LogP contribution in [0.25, 0.3) is 0 Å². The highest BCUT2D eigenvalue weighted by Gasteiger charge is 2.01. The van der Waals surface area contributed by atoms with Crippen molar-refractivity contribution in [1.29, 1.82) is 0 Å². The van der Waals surface area contributed by atoms with Crippen LogP contribution >= 0.6 is 23.8 Å². The highest BCUT2D eigenvalue weighted by molar-refractivity contribution is 7.80. The minimum absolute atomic E-state index is 0.129. The van der Waals surface area contributed by atoms with Gasteiger partial charge in [0.1, 0.15) is 0 Å². The summed E-state index contributed by atoms with van der Waals surface area (Å²) in [4.78, 5) is 11.0. The number of hydrogen-bond donors (Lipinski definition) is 3. The maximum absolute atomic E-state index is 11.0. The van der Waals surface area contributed by atoms with Crippen molar-refractivity contribution in [3.63, 3.8) is 0 Å². The average molecular weight is 272 g/mol. The second-order valence-corrected chi connectivity index (χ2v) is 4.26. The van der Waals surface area contributed by atoms with Gasteiger partial charge in [0.2, 0.25) is 5.91 Å². The molecule has 0 saturated heterocycles. The summed E-state index contributed by atoms with van der Waals surface area (Å²) in [6, 6.07) is 5.52. The normalized spacial score (nSPS) is 9.59. The summed E-state index contributed by atoms with van der Waals surface area (Å²) >= 11 is 11.0. The molecule has 92 valence electrons. The van der Waals surface area contributed by atoms with Crippen molar-refractivity contribution in [2.24, 2.45) is 0 Å². The Balaban J connectivity index is 2.50. The first-order valence-electron chi connectivity index (χ1n) is 5.15. The summed E-state index contributed by atoms with van der Waals surface area (Å²) in [5.41, 5.74) is 6.81. The zero-order chi connectivity index (χ0) is 12.8. The van der Waals surface area contributed by atoms with Crippen molar-refractivity contribution >= 4 is 40.5 Å². The number of hydrazine groups is 1. The Labute approximate surface area is 111 Å². The van der Waals surface area contributed by atoms with Gasteiger partial charge in [-0.05, 0) is 36.8 Å². The maximum Gasteiger partial charge on any atom is 0.238 e. The third kappa shape index (κ3) is 4.58. The van der Waals surface area contributed by atoms with E-state index in [2.05, 4.69) is 16.2 Å². The third-order valence-electron chi connectivity index (χ3n) is 2.07. The number of rotatable bonds is 2. The first-order chi connectivity index (χ1) is 8.02. The minimum Gasteiger partial charge on any atom is -0.331 e. The lowest BCUT2D eigenvalue weighted by Crippen LogP contribution is -2.43. The van der Waals surface area contributed by atoms with Crippen molar-refractivity contribution in [1.82, 2.24) is 10.9 Å². The first-order valence-corrected chi connectivity index (χ1v) is 5.93. The molecule has 1 rings (SSSR count). The van der Waals surface area contributed by atoms with E-state index in [1.54, 1.807) is 13.0 Å². The molecule has 0 radical (unpaired) electrons. The number of amides is 1. The van der Waals surface area contributed by atoms with Crippen molar-refractivity contribution in [2.45, 2.75) is 20.3 Å². The highest BCUT2D eigenvalue weighted by atomic mass is 35.5. The second-order valence-electron chi connectivity index (χ2n) is 3.44. The monoisotopic (exact) mass is 271 g/mol. The van der Waals surface area contributed by atoms with Gasteiger partial charge in [0.05, 0.1) is 0 Å². The molecule has 0 bridgehead atoms. The Morgan fingerprint density at radius 2 is 2.12 bits per heavy atom. The Morgan fingerprint density at radius 3 is 2.71 bits per heavy atom. The van der Waals surface area contributed by atoms with Gasteiger partial charge in [0.15, 0.2) is 5.11 Å². The lowest BCUT2D eigenvalue weighted by atomic mass is 10.2. The molecule has 0 unspecified atom stereocenters. The SMILES string of the molecule is CCC(=O)NNC(=S)Nc1ccc(C)c(Cl)c1. The van der Waals surface area contributed by atoms with E-state index in [1.807, 2.05) is 19.1 Å². The smallest absolute Gasteiger partial charge is 0.238 e. The molecule has 0 aliphatic carbocycles. The number of nitrogens with one attached hydrogen (secondary N) is 3. The van der Waals surface area contributed by atoms with E-state index in [4.69, 9.17) is 23.8 Å². The van der Waals surface area contributed by atoms with E-state index in [0.717, 1.165) is 11.3 Å². The van der Waals surface area contributed by atoms with Crippen molar-refractivity contribution in [3.05, 3.63) is 28.8 Å². The lowest BCUT2D eigenvalue weighted by molar-refractivity contribution is -0.121.